The summed E-state index contributed by atoms with van der Waals surface area (Å²) in [4.78, 5) is 19.7. The number of quaternary nitrogens is 1. The summed E-state index contributed by atoms with van der Waals surface area (Å²) in [6.07, 6.45) is 13.7. The fourth-order valence-corrected chi connectivity index (χ4v) is 10.4. The first kappa shape index (κ1) is 42.2. The monoisotopic (exact) mass is 817 g/mol. The van der Waals surface area contributed by atoms with E-state index in [0.29, 0.717) is 37.1 Å². The van der Waals surface area contributed by atoms with Gasteiger partial charge >= 0.3 is 0 Å². The molecular formula is C49H61N4O7+. The molecule has 1 spiro atoms. The van der Waals surface area contributed by atoms with E-state index in [2.05, 4.69) is 42.3 Å². The summed E-state index contributed by atoms with van der Waals surface area (Å²) in [6.45, 7) is 5.46. The summed E-state index contributed by atoms with van der Waals surface area (Å²) in [6, 6.07) is 7.26. The van der Waals surface area contributed by atoms with Crippen LogP contribution in [0, 0.1) is 41.1 Å². The maximum Gasteiger partial charge on any atom is 0.252 e. The number of nitrogens with one attached hydrogen (secondary N) is 2. The number of aliphatic imine (C=N–C) groups is 1. The summed E-state index contributed by atoms with van der Waals surface area (Å²) >= 11 is 0. The predicted molar refractivity (Wildman–Crippen MR) is 229 cm³/mol. The number of allylic oxidation sites excluding steroid dienone is 1. The minimum atomic E-state index is -1.06. The first-order valence-electron chi connectivity index (χ1n) is 22.4. The smallest absolute Gasteiger partial charge is 0.252 e. The molecule has 1 aliphatic carbocycles. The number of aliphatic hydroxyl groups is 3. The highest BCUT2D eigenvalue weighted by Crippen LogP contribution is 2.47. The number of fused-ring (bicyclic) bond motifs is 8. The average Bonchev–Trinajstić information content (AvgIpc) is 3.97. The normalized spacial score (nSPS) is 26.0. The van der Waals surface area contributed by atoms with Gasteiger partial charge in [0, 0.05) is 43.2 Å². The number of ketones is 1. The van der Waals surface area contributed by atoms with Gasteiger partial charge in [-0.2, -0.15) is 0 Å². The molecule has 11 heteroatoms. The van der Waals surface area contributed by atoms with Crippen molar-refractivity contribution in [3.05, 3.63) is 75.1 Å². The Bertz CT molecular complexity index is 2180. The van der Waals surface area contributed by atoms with Crippen LogP contribution >= 0.6 is 0 Å². The third-order valence-electron chi connectivity index (χ3n) is 13.8. The zero-order chi connectivity index (χ0) is 42.0. The van der Waals surface area contributed by atoms with E-state index in [4.69, 9.17) is 20.2 Å². The topological polar surface area (TPSA) is 171 Å². The van der Waals surface area contributed by atoms with Crippen molar-refractivity contribution in [1.29, 1.82) is 0 Å². The van der Waals surface area contributed by atoms with Crippen molar-refractivity contribution in [2.45, 2.75) is 141 Å². The van der Waals surface area contributed by atoms with Crippen LogP contribution in [-0.2, 0) is 24.1 Å². The van der Waals surface area contributed by atoms with Gasteiger partial charge in [-0.25, -0.2) is 0 Å². The summed E-state index contributed by atoms with van der Waals surface area (Å²) in [7, 11) is 0. The highest BCUT2D eigenvalue weighted by atomic mass is 16.5. The fourth-order valence-electron chi connectivity index (χ4n) is 10.4. The molecule has 0 radical (unpaired) electrons. The van der Waals surface area contributed by atoms with E-state index in [1.165, 1.54) is 11.6 Å². The Morgan fingerprint density at radius 3 is 2.68 bits per heavy atom. The maximum atomic E-state index is 13.8. The van der Waals surface area contributed by atoms with Crippen LogP contribution in [0.3, 0.4) is 0 Å². The minimum absolute atomic E-state index is 0.0340. The van der Waals surface area contributed by atoms with Crippen molar-refractivity contribution in [1.82, 2.24) is 5.32 Å². The quantitative estimate of drug-likeness (QED) is 0.111. The number of rotatable bonds is 13. The number of phenols is 1. The number of aliphatic hydroxyl groups excluding tert-OH is 3. The Morgan fingerprint density at radius 1 is 1.07 bits per heavy atom. The van der Waals surface area contributed by atoms with Crippen molar-refractivity contribution in [2.24, 2.45) is 28.0 Å². The summed E-state index contributed by atoms with van der Waals surface area (Å²) in [5, 5.41) is 48.3. The van der Waals surface area contributed by atoms with Gasteiger partial charge in [0.05, 0.1) is 23.8 Å². The molecule has 11 nitrogen and oxygen atoms in total. The number of aryl methyl sites for hydroxylation is 1. The second kappa shape index (κ2) is 18.3. The zero-order valence-electron chi connectivity index (χ0n) is 35.1. The second-order valence-corrected chi connectivity index (χ2v) is 17.7. The highest BCUT2D eigenvalue weighted by Gasteiger charge is 2.51. The number of nitrogens with two attached hydrogens (primary N) is 1. The number of nitrogens with zero attached hydrogens (tertiary/aromatic N) is 1. The van der Waals surface area contributed by atoms with Gasteiger partial charge in [0.2, 0.25) is 0 Å². The van der Waals surface area contributed by atoms with Crippen molar-refractivity contribution < 1.29 is 39.6 Å². The Kier molecular flexibility index (Phi) is 12.9. The number of carbonyl (C=O) groups excluding carboxylic acids is 1. The molecule has 1 saturated carbocycles. The SMILES string of the molecule is CCCCC[C@H](C(=O)CCc1cc2c(cc1O)OC#CC1(CCCC1)[C@H]1C#C[C@H](O)c3ccc4c(c3CC3=C5C[NH+](C=C5N=C3)[C@H]1O2)CCN[C@H]4N)[C@H](O)C[C@H](O)CCC. The van der Waals surface area contributed by atoms with Gasteiger partial charge < -0.3 is 35.6 Å². The molecule has 2 bridgehead atoms. The first-order chi connectivity index (χ1) is 29.1. The molecule has 5 heterocycles. The molecule has 0 saturated heterocycles. The van der Waals surface area contributed by atoms with E-state index in [0.717, 1.165) is 103 Å². The number of hydrogen-bond donors (Lipinski definition) is 7. The molecule has 0 amide bonds. The lowest BCUT2D eigenvalue weighted by atomic mass is 9.73. The molecule has 60 heavy (non-hydrogen) atoms. The average molecular weight is 818 g/mol. The number of Topliss-reactive ketones (excluding diaryl/α,β-unsaturated/α-hetero) is 1. The van der Waals surface area contributed by atoms with Crippen LogP contribution in [0.15, 0.2) is 52.3 Å². The number of aromatic hydroxyl groups is 1. The predicted octanol–water partition coefficient (Wildman–Crippen LogP) is 4.75. The van der Waals surface area contributed by atoms with Crippen LogP contribution in [0.25, 0.3) is 0 Å². The second-order valence-electron chi connectivity index (χ2n) is 17.7. The first-order valence-corrected chi connectivity index (χ1v) is 22.4. The largest absolute Gasteiger partial charge is 0.508 e. The van der Waals surface area contributed by atoms with Crippen LogP contribution in [0.1, 0.15) is 131 Å². The maximum absolute atomic E-state index is 13.8. The third kappa shape index (κ3) is 8.54. The van der Waals surface area contributed by atoms with Crippen LogP contribution < -0.4 is 25.4 Å². The molecule has 1 unspecified atom stereocenters. The van der Waals surface area contributed by atoms with Crippen molar-refractivity contribution in [2.75, 3.05) is 13.1 Å². The van der Waals surface area contributed by atoms with Crippen molar-refractivity contribution in [3.8, 4) is 41.1 Å². The molecule has 0 aromatic heterocycles. The number of benzene rings is 2. The van der Waals surface area contributed by atoms with E-state index in [1.54, 1.807) is 6.07 Å². The van der Waals surface area contributed by atoms with Crippen molar-refractivity contribution in [3.63, 3.8) is 0 Å². The Hall–Kier alpha value is -4.46. The number of ether oxygens (including phenoxy) is 2. The molecule has 2 aromatic carbocycles. The molecule has 5 aliphatic heterocycles. The van der Waals surface area contributed by atoms with E-state index in [1.807, 2.05) is 25.3 Å². The van der Waals surface area contributed by atoms with E-state index >= 15 is 0 Å². The highest BCUT2D eigenvalue weighted by molar-refractivity contribution is 5.87. The number of phenolic OH excluding ortho intramolecular Hbond substituents is 1. The van der Waals surface area contributed by atoms with Crippen LogP contribution in [-0.4, -0.2) is 63.9 Å². The van der Waals surface area contributed by atoms with Gasteiger partial charge in [-0.3, -0.25) is 20.0 Å². The van der Waals surface area contributed by atoms with Gasteiger partial charge in [0.15, 0.2) is 11.5 Å². The van der Waals surface area contributed by atoms with Gasteiger partial charge in [0.1, 0.15) is 48.1 Å². The van der Waals surface area contributed by atoms with Gasteiger partial charge in [0.25, 0.3) is 6.23 Å². The lowest BCUT2D eigenvalue weighted by molar-refractivity contribution is -0.891. The zero-order valence-corrected chi connectivity index (χ0v) is 35.1. The molecule has 8 N–H and O–H groups in total. The molecule has 6 aliphatic rings. The van der Waals surface area contributed by atoms with E-state index in [-0.39, 0.29) is 42.7 Å². The Labute approximate surface area is 354 Å². The van der Waals surface area contributed by atoms with Crippen LogP contribution in [0.5, 0.6) is 17.2 Å². The number of carbonyl (C=O) groups is 1. The van der Waals surface area contributed by atoms with Gasteiger partial charge in [-0.05, 0) is 84.4 Å². The van der Waals surface area contributed by atoms with Crippen LogP contribution in [0.2, 0.25) is 0 Å². The molecule has 1 fully saturated rings. The fraction of sp³-hybridized carbons (Fsp3) is 0.551. The lowest BCUT2D eigenvalue weighted by Crippen LogP contribution is -3.12. The summed E-state index contributed by atoms with van der Waals surface area (Å²) < 4.78 is 13.2. The Morgan fingerprint density at radius 2 is 1.88 bits per heavy atom. The van der Waals surface area contributed by atoms with Crippen LogP contribution in [0.4, 0.5) is 0 Å². The van der Waals surface area contributed by atoms with Gasteiger partial charge in [-0.15, -0.1) is 0 Å². The molecule has 8 atom stereocenters. The number of hydrogen-bond acceptors (Lipinski definition) is 10. The molecule has 2 aromatic rings. The summed E-state index contributed by atoms with van der Waals surface area (Å²) in [5.74, 6) is 9.88. The Balaban J connectivity index is 1.14. The standard InChI is InChI=1S/C49H60N4O7/c1-3-5-6-10-36(44(58)25-32(54)9-4-2)42(56)15-11-30-24-46-45(26-43(30)57)59-22-20-49(18-7-8-19-49)39-14-16-41(55)34-12-13-35-33(17-21-51-47(35)50)37(34)23-31-27-52-40-29-53(28-38(31)40)48(39)60-46/h12-13,24,26-27,29,32,36,39,41,44,47-48,51,54-55,57-58H,3-11,15,17-19,21,23,25,28,50H2,1-2H3/p+1/t32-,36-,39+,41+,44-,47-,48+/m1/s1. The van der Waals surface area contributed by atoms with E-state index in [9.17, 15) is 25.2 Å². The van der Waals surface area contributed by atoms with E-state index < -0.39 is 41.8 Å². The summed E-state index contributed by atoms with van der Waals surface area (Å²) in [5.41, 5.74) is 13.7. The van der Waals surface area contributed by atoms with Gasteiger partial charge in [-0.1, -0.05) is 82.3 Å². The minimum Gasteiger partial charge on any atom is -0.508 e. The number of unbranched alkanes of at least 4 members (excludes halogenated alkanes) is 2. The molecular weight excluding hydrogens is 757 g/mol. The third-order valence-corrected chi connectivity index (χ3v) is 13.8. The lowest BCUT2D eigenvalue weighted by Gasteiger charge is -2.36. The molecule has 318 valence electrons. The van der Waals surface area contributed by atoms with Crippen molar-refractivity contribution >= 4 is 12.0 Å². The molecule has 8 rings (SSSR count).